The summed E-state index contributed by atoms with van der Waals surface area (Å²) in [7, 11) is 0. The van der Waals surface area contributed by atoms with E-state index in [1.165, 1.54) is 0 Å². The average molecular weight is 370 g/mol. The van der Waals surface area contributed by atoms with Gasteiger partial charge in [0.15, 0.2) is 11.5 Å². The molecule has 1 fully saturated rings. The number of hydrogen-bond acceptors (Lipinski definition) is 6. The number of anilines is 1. The van der Waals surface area contributed by atoms with Gasteiger partial charge in [-0.3, -0.25) is 4.79 Å². The number of nitrogens with two attached hydrogens (primary N) is 1. The van der Waals surface area contributed by atoms with Crippen LogP contribution in [0.25, 0.3) is 0 Å². The molecule has 2 heterocycles. The predicted octanol–water partition coefficient (Wildman–Crippen LogP) is 2.44. The maximum Gasteiger partial charge on any atom is 0.244 e. The smallest absolute Gasteiger partial charge is 0.244 e. The SMILES string of the molecule is NC1(C(=O)Nc2cccc(COc3ccc4c(c3)OCO4)c2)CCOCC1. The number of carbonyl (C=O) groups is 1. The molecule has 0 aliphatic carbocycles. The third kappa shape index (κ3) is 3.99. The zero-order chi connectivity index (χ0) is 18.7. The normalized spacial score (nSPS) is 17.4. The number of benzene rings is 2. The average Bonchev–Trinajstić information content (AvgIpc) is 3.15. The van der Waals surface area contributed by atoms with Crippen LogP contribution in [0.1, 0.15) is 18.4 Å². The van der Waals surface area contributed by atoms with Crippen LogP contribution in [0.3, 0.4) is 0 Å². The molecule has 4 rings (SSSR count). The number of nitrogens with one attached hydrogen (secondary N) is 1. The Kier molecular flexibility index (Phi) is 4.87. The summed E-state index contributed by atoms with van der Waals surface area (Å²) in [5, 5.41) is 2.91. The Hall–Kier alpha value is -2.77. The molecule has 7 heteroatoms. The highest BCUT2D eigenvalue weighted by molar-refractivity contribution is 5.98. The van der Waals surface area contributed by atoms with Crippen molar-refractivity contribution in [3.63, 3.8) is 0 Å². The van der Waals surface area contributed by atoms with E-state index in [0.29, 0.717) is 49.8 Å². The maximum atomic E-state index is 12.5. The van der Waals surface area contributed by atoms with Crippen molar-refractivity contribution in [1.82, 2.24) is 0 Å². The van der Waals surface area contributed by atoms with Crippen LogP contribution in [-0.2, 0) is 16.1 Å². The standard InChI is InChI=1S/C20H22N2O5/c21-20(6-8-24-9-7-20)19(23)22-15-3-1-2-14(10-15)12-25-16-4-5-17-18(11-16)27-13-26-17/h1-5,10-11H,6-9,12-13,21H2,(H,22,23). The highest BCUT2D eigenvalue weighted by Gasteiger charge is 2.35. The molecule has 2 aromatic rings. The summed E-state index contributed by atoms with van der Waals surface area (Å²) in [6, 6.07) is 13.0. The molecular weight excluding hydrogens is 348 g/mol. The Balaban J connectivity index is 1.38. The van der Waals surface area contributed by atoms with Crippen LogP contribution >= 0.6 is 0 Å². The summed E-state index contributed by atoms with van der Waals surface area (Å²) < 4.78 is 21.8. The molecule has 0 atom stereocenters. The molecule has 142 valence electrons. The van der Waals surface area contributed by atoms with E-state index in [-0.39, 0.29) is 12.7 Å². The van der Waals surface area contributed by atoms with Gasteiger partial charge in [0.25, 0.3) is 0 Å². The van der Waals surface area contributed by atoms with Crippen molar-refractivity contribution in [3.05, 3.63) is 48.0 Å². The molecule has 0 bridgehead atoms. The number of fused-ring (bicyclic) bond motifs is 1. The highest BCUT2D eigenvalue weighted by atomic mass is 16.7. The lowest BCUT2D eigenvalue weighted by Crippen LogP contribution is -2.54. The van der Waals surface area contributed by atoms with Crippen molar-refractivity contribution >= 4 is 11.6 Å². The van der Waals surface area contributed by atoms with Gasteiger partial charge in [-0.1, -0.05) is 12.1 Å². The summed E-state index contributed by atoms with van der Waals surface area (Å²) in [6.07, 6.45) is 1.04. The fraction of sp³-hybridized carbons (Fsp3) is 0.350. The van der Waals surface area contributed by atoms with Crippen LogP contribution in [0.15, 0.2) is 42.5 Å². The number of amides is 1. The van der Waals surface area contributed by atoms with Gasteiger partial charge >= 0.3 is 0 Å². The van der Waals surface area contributed by atoms with Gasteiger partial charge in [-0.25, -0.2) is 0 Å². The van der Waals surface area contributed by atoms with Gasteiger partial charge in [-0.2, -0.15) is 0 Å². The van der Waals surface area contributed by atoms with Crippen molar-refractivity contribution < 1.29 is 23.7 Å². The van der Waals surface area contributed by atoms with Crippen molar-refractivity contribution in [1.29, 1.82) is 0 Å². The quantitative estimate of drug-likeness (QED) is 0.840. The lowest BCUT2D eigenvalue weighted by molar-refractivity contribution is -0.124. The largest absolute Gasteiger partial charge is 0.489 e. The highest BCUT2D eigenvalue weighted by Crippen LogP contribution is 2.35. The molecule has 1 saturated heterocycles. The minimum absolute atomic E-state index is 0.181. The minimum atomic E-state index is -0.878. The fourth-order valence-electron chi connectivity index (χ4n) is 3.09. The van der Waals surface area contributed by atoms with Crippen LogP contribution < -0.4 is 25.3 Å². The van der Waals surface area contributed by atoms with E-state index >= 15 is 0 Å². The molecule has 2 aromatic carbocycles. The van der Waals surface area contributed by atoms with Crippen molar-refractivity contribution in [2.75, 3.05) is 25.3 Å². The van der Waals surface area contributed by atoms with Gasteiger partial charge in [-0.05, 0) is 42.7 Å². The zero-order valence-corrected chi connectivity index (χ0v) is 14.9. The first-order chi connectivity index (χ1) is 13.1. The van der Waals surface area contributed by atoms with Gasteiger partial charge in [0.2, 0.25) is 12.7 Å². The summed E-state index contributed by atoms with van der Waals surface area (Å²) in [4.78, 5) is 12.5. The lowest BCUT2D eigenvalue weighted by atomic mass is 9.90. The van der Waals surface area contributed by atoms with Crippen molar-refractivity contribution in [2.45, 2.75) is 25.0 Å². The van der Waals surface area contributed by atoms with Crippen molar-refractivity contribution in [3.8, 4) is 17.2 Å². The van der Waals surface area contributed by atoms with E-state index in [4.69, 9.17) is 24.7 Å². The Labute approximate surface area is 157 Å². The molecule has 27 heavy (non-hydrogen) atoms. The monoisotopic (exact) mass is 370 g/mol. The number of ether oxygens (including phenoxy) is 4. The Morgan fingerprint density at radius 1 is 1.11 bits per heavy atom. The molecule has 3 N–H and O–H groups in total. The number of hydrogen-bond donors (Lipinski definition) is 2. The predicted molar refractivity (Wildman–Crippen MR) is 98.9 cm³/mol. The van der Waals surface area contributed by atoms with E-state index < -0.39 is 5.54 Å². The Morgan fingerprint density at radius 2 is 1.93 bits per heavy atom. The molecule has 2 aliphatic heterocycles. The van der Waals surface area contributed by atoms with Crippen LogP contribution in [0.2, 0.25) is 0 Å². The molecule has 2 aliphatic rings. The van der Waals surface area contributed by atoms with Gasteiger partial charge in [-0.15, -0.1) is 0 Å². The number of rotatable bonds is 5. The third-order valence-corrected chi connectivity index (χ3v) is 4.77. The minimum Gasteiger partial charge on any atom is -0.489 e. The van der Waals surface area contributed by atoms with Crippen LogP contribution in [0, 0.1) is 0 Å². The molecule has 0 spiro atoms. The van der Waals surface area contributed by atoms with Crippen LogP contribution in [0.5, 0.6) is 17.2 Å². The first-order valence-corrected chi connectivity index (χ1v) is 8.92. The molecule has 0 aromatic heterocycles. The topological polar surface area (TPSA) is 92.0 Å². The second kappa shape index (κ2) is 7.46. The summed E-state index contributed by atoms with van der Waals surface area (Å²) in [6.45, 7) is 1.61. The van der Waals surface area contributed by atoms with Crippen molar-refractivity contribution in [2.24, 2.45) is 5.73 Å². The van der Waals surface area contributed by atoms with Gasteiger partial charge < -0.3 is 30.0 Å². The lowest BCUT2D eigenvalue weighted by Gasteiger charge is -2.31. The molecule has 0 saturated carbocycles. The summed E-state index contributed by atoms with van der Waals surface area (Å²) >= 11 is 0. The molecule has 0 radical (unpaired) electrons. The maximum absolute atomic E-state index is 12.5. The van der Waals surface area contributed by atoms with E-state index in [1.807, 2.05) is 36.4 Å². The summed E-state index contributed by atoms with van der Waals surface area (Å²) in [5.74, 6) is 1.91. The van der Waals surface area contributed by atoms with E-state index in [1.54, 1.807) is 6.07 Å². The molecular formula is C20H22N2O5. The van der Waals surface area contributed by atoms with Gasteiger partial charge in [0, 0.05) is 25.0 Å². The van der Waals surface area contributed by atoms with Crippen LogP contribution in [-0.4, -0.2) is 31.5 Å². The molecule has 7 nitrogen and oxygen atoms in total. The van der Waals surface area contributed by atoms with Gasteiger partial charge in [0.1, 0.15) is 17.9 Å². The first-order valence-electron chi connectivity index (χ1n) is 8.92. The van der Waals surface area contributed by atoms with Gasteiger partial charge in [0.05, 0.1) is 0 Å². The Morgan fingerprint density at radius 3 is 2.78 bits per heavy atom. The first kappa shape index (κ1) is 17.6. The number of carbonyl (C=O) groups excluding carboxylic acids is 1. The van der Waals surface area contributed by atoms with E-state index in [0.717, 1.165) is 11.3 Å². The summed E-state index contributed by atoms with van der Waals surface area (Å²) in [5.41, 5.74) is 6.98. The second-order valence-corrected chi connectivity index (χ2v) is 6.73. The zero-order valence-electron chi connectivity index (χ0n) is 14.9. The third-order valence-electron chi connectivity index (χ3n) is 4.77. The molecule has 0 unspecified atom stereocenters. The fourth-order valence-corrected chi connectivity index (χ4v) is 3.09. The Bertz CT molecular complexity index is 833. The van der Waals surface area contributed by atoms with E-state index in [9.17, 15) is 4.79 Å². The second-order valence-electron chi connectivity index (χ2n) is 6.73. The van der Waals surface area contributed by atoms with E-state index in [2.05, 4.69) is 5.32 Å². The van der Waals surface area contributed by atoms with Crippen LogP contribution in [0.4, 0.5) is 5.69 Å². The molecule has 1 amide bonds.